The van der Waals surface area contributed by atoms with Crippen LogP contribution in [0.15, 0.2) is 12.3 Å². The quantitative estimate of drug-likeness (QED) is 0.513. The Kier molecular flexibility index (Phi) is 5.86. The fourth-order valence-electron chi connectivity index (χ4n) is 4.50. The Morgan fingerprint density at radius 3 is 2.85 bits per heavy atom. The van der Waals surface area contributed by atoms with Crippen LogP contribution >= 0.6 is 11.3 Å². The fourth-order valence-corrected chi connectivity index (χ4v) is 5.88. The minimum absolute atomic E-state index is 0.100. The third-order valence-corrected chi connectivity index (χ3v) is 7.67. The molecule has 0 aromatic carbocycles. The molecule has 3 heterocycles. The van der Waals surface area contributed by atoms with Crippen LogP contribution in [0.1, 0.15) is 84.0 Å². The van der Waals surface area contributed by atoms with Crippen LogP contribution in [0.5, 0.6) is 0 Å². The zero-order valence-corrected chi connectivity index (χ0v) is 20.4. The number of carbonyl (C=O) groups excluding carboxylic acids is 2. The Morgan fingerprint density at radius 2 is 2.15 bits per heavy atom. The first-order valence-electron chi connectivity index (χ1n) is 11.8. The summed E-state index contributed by atoms with van der Waals surface area (Å²) >= 11 is 1.45. The van der Waals surface area contributed by atoms with E-state index in [1.807, 2.05) is 13.8 Å². The maximum absolute atomic E-state index is 13.0. The lowest BCUT2D eigenvalue weighted by Crippen LogP contribution is -2.21. The maximum Gasteiger partial charge on any atom is 0.339 e. The second-order valence-corrected chi connectivity index (χ2v) is 10.7. The highest BCUT2D eigenvalue weighted by atomic mass is 32.1. The summed E-state index contributed by atoms with van der Waals surface area (Å²) in [5.74, 6) is -0.110. The Balaban J connectivity index is 1.32. The molecule has 2 aliphatic carbocycles. The number of carbonyl (C=O) groups is 2. The molecule has 1 atom stereocenters. The number of nitrogens with one attached hydrogen (secondary N) is 1. The molecular weight excluding hydrogens is 450 g/mol. The first-order chi connectivity index (χ1) is 16.4. The number of aromatic nitrogens is 3. The molecule has 1 N–H and O–H groups in total. The van der Waals surface area contributed by atoms with Crippen molar-refractivity contribution in [1.82, 2.24) is 14.8 Å². The van der Waals surface area contributed by atoms with Gasteiger partial charge in [-0.05, 0) is 63.5 Å². The van der Waals surface area contributed by atoms with Crippen molar-refractivity contribution in [3.05, 3.63) is 39.5 Å². The predicted octanol–water partition coefficient (Wildman–Crippen LogP) is 4.74. The molecule has 1 saturated carbocycles. The average Bonchev–Trinajstić information content (AvgIpc) is 3.48. The van der Waals surface area contributed by atoms with E-state index in [0.717, 1.165) is 48.2 Å². The lowest BCUT2D eigenvalue weighted by atomic mass is 9.89. The van der Waals surface area contributed by atoms with Crippen LogP contribution in [0, 0.1) is 17.2 Å². The van der Waals surface area contributed by atoms with Crippen molar-refractivity contribution in [1.29, 1.82) is 5.26 Å². The number of anilines is 1. The summed E-state index contributed by atoms with van der Waals surface area (Å²) < 4.78 is 7.19. The standard InChI is InChI=1S/C25H27N5O3S/c1-13(2)30-23-19(11-27-30)17(9-20(28-23)15-5-6-15)25(32)33-12-22(31)29-24-18(10-26)16-7-4-14(3)8-21(16)34-24/h9,11,13-15H,4-8,12H2,1-3H3,(H,29,31). The molecule has 0 aliphatic heterocycles. The van der Waals surface area contributed by atoms with Crippen molar-refractivity contribution in [3.8, 4) is 6.07 Å². The minimum Gasteiger partial charge on any atom is -0.452 e. The van der Waals surface area contributed by atoms with Crippen molar-refractivity contribution in [2.75, 3.05) is 11.9 Å². The number of esters is 1. The summed E-state index contributed by atoms with van der Waals surface area (Å²) in [6, 6.07) is 4.11. The average molecular weight is 478 g/mol. The topological polar surface area (TPSA) is 110 Å². The first kappa shape index (κ1) is 22.5. The molecule has 0 radical (unpaired) electrons. The molecule has 1 fully saturated rings. The molecule has 3 aromatic heterocycles. The third kappa shape index (κ3) is 4.18. The zero-order chi connectivity index (χ0) is 24.0. The van der Waals surface area contributed by atoms with E-state index in [9.17, 15) is 14.9 Å². The van der Waals surface area contributed by atoms with E-state index < -0.39 is 18.5 Å². The van der Waals surface area contributed by atoms with E-state index in [-0.39, 0.29) is 6.04 Å². The number of hydrogen-bond acceptors (Lipinski definition) is 7. The van der Waals surface area contributed by atoms with Gasteiger partial charge in [-0.15, -0.1) is 11.3 Å². The van der Waals surface area contributed by atoms with E-state index in [1.165, 1.54) is 11.3 Å². The Morgan fingerprint density at radius 1 is 1.35 bits per heavy atom. The molecule has 0 spiro atoms. The van der Waals surface area contributed by atoms with Crippen LogP contribution in [-0.2, 0) is 22.4 Å². The Bertz CT molecular complexity index is 1330. The molecule has 3 aromatic rings. The summed E-state index contributed by atoms with van der Waals surface area (Å²) in [7, 11) is 0. The van der Waals surface area contributed by atoms with Gasteiger partial charge in [-0.1, -0.05) is 6.92 Å². The van der Waals surface area contributed by atoms with Gasteiger partial charge in [-0.3, -0.25) is 4.79 Å². The van der Waals surface area contributed by atoms with Gasteiger partial charge in [-0.25, -0.2) is 14.5 Å². The normalized spacial score (nSPS) is 17.4. The lowest BCUT2D eigenvalue weighted by molar-refractivity contribution is -0.119. The van der Waals surface area contributed by atoms with Gasteiger partial charge in [0.15, 0.2) is 12.3 Å². The van der Waals surface area contributed by atoms with Crippen LogP contribution in [-0.4, -0.2) is 33.2 Å². The molecule has 1 unspecified atom stereocenters. The van der Waals surface area contributed by atoms with Crippen LogP contribution in [0.2, 0.25) is 0 Å². The number of nitriles is 1. The predicted molar refractivity (Wildman–Crippen MR) is 129 cm³/mol. The van der Waals surface area contributed by atoms with Gasteiger partial charge in [0.05, 0.1) is 22.7 Å². The van der Waals surface area contributed by atoms with Crippen LogP contribution in [0.3, 0.4) is 0 Å². The fraction of sp³-hybridized carbons (Fsp3) is 0.480. The number of amides is 1. The zero-order valence-electron chi connectivity index (χ0n) is 19.6. The number of hydrogen-bond donors (Lipinski definition) is 1. The van der Waals surface area contributed by atoms with Crippen LogP contribution in [0.25, 0.3) is 11.0 Å². The molecule has 5 rings (SSSR count). The summed E-state index contributed by atoms with van der Waals surface area (Å²) in [5.41, 5.74) is 3.49. The van der Waals surface area contributed by atoms with E-state index in [0.29, 0.717) is 39.0 Å². The van der Waals surface area contributed by atoms with Gasteiger partial charge in [-0.2, -0.15) is 10.4 Å². The minimum atomic E-state index is -0.576. The van der Waals surface area contributed by atoms with E-state index >= 15 is 0 Å². The maximum atomic E-state index is 13.0. The summed E-state index contributed by atoms with van der Waals surface area (Å²) in [4.78, 5) is 31.5. The van der Waals surface area contributed by atoms with Crippen LogP contribution in [0.4, 0.5) is 5.00 Å². The van der Waals surface area contributed by atoms with Crippen molar-refractivity contribution in [3.63, 3.8) is 0 Å². The van der Waals surface area contributed by atoms with E-state index in [2.05, 4.69) is 23.4 Å². The van der Waals surface area contributed by atoms with Crippen molar-refractivity contribution < 1.29 is 14.3 Å². The van der Waals surface area contributed by atoms with Gasteiger partial charge in [0.2, 0.25) is 0 Å². The molecule has 8 nitrogen and oxygen atoms in total. The molecule has 2 aliphatic rings. The molecule has 1 amide bonds. The van der Waals surface area contributed by atoms with E-state index in [4.69, 9.17) is 9.72 Å². The third-order valence-electron chi connectivity index (χ3n) is 6.50. The number of fused-ring (bicyclic) bond motifs is 2. The highest BCUT2D eigenvalue weighted by Gasteiger charge is 2.29. The summed E-state index contributed by atoms with van der Waals surface area (Å²) in [6.07, 6.45) is 6.55. The monoisotopic (exact) mass is 477 g/mol. The molecule has 0 bridgehead atoms. The highest BCUT2D eigenvalue weighted by molar-refractivity contribution is 7.16. The molecule has 176 valence electrons. The van der Waals surface area contributed by atoms with E-state index in [1.54, 1.807) is 16.9 Å². The van der Waals surface area contributed by atoms with Gasteiger partial charge < -0.3 is 10.1 Å². The number of rotatable bonds is 6. The number of nitrogens with zero attached hydrogens (tertiary/aromatic N) is 4. The summed E-state index contributed by atoms with van der Waals surface area (Å²) in [6.45, 7) is 5.79. The Labute approximate surface area is 201 Å². The van der Waals surface area contributed by atoms with Gasteiger partial charge in [0, 0.05) is 22.5 Å². The first-order valence-corrected chi connectivity index (χ1v) is 12.6. The van der Waals surface area contributed by atoms with Crippen LogP contribution < -0.4 is 5.32 Å². The number of ether oxygens (including phenoxy) is 1. The molecule has 34 heavy (non-hydrogen) atoms. The lowest BCUT2D eigenvalue weighted by Gasteiger charge is -2.17. The largest absolute Gasteiger partial charge is 0.452 e. The molecule has 0 saturated heterocycles. The second kappa shape index (κ2) is 8.84. The summed E-state index contributed by atoms with van der Waals surface area (Å²) in [5, 5.41) is 18.0. The SMILES string of the molecule is CC1CCc2c(sc(NC(=O)COC(=O)c3cc(C4CC4)nc4c3cnn4C(C)C)c2C#N)C1. The van der Waals surface area contributed by atoms with Crippen molar-refractivity contribution >= 4 is 39.2 Å². The smallest absolute Gasteiger partial charge is 0.339 e. The van der Waals surface area contributed by atoms with Gasteiger partial charge >= 0.3 is 5.97 Å². The number of thiophene rings is 1. The highest BCUT2D eigenvalue weighted by Crippen LogP contribution is 2.41. The van der Waals surface area contributed by atoms with Gasteiger partial charge in [0.25, 0.3) is 5.91 Å². The van der Waals surface area contributed by atoms with Crippen molar-refractivity contribution in [2.24, 2.45) is 5.92 Å². The number of pyridine rings is 1. The van der Waals surface area contributed by atoms with Gasteiger partial charge in [0.1, 0.15) is 11.1 Å². The van der Waals surface area contributed by atoms with Crippen molar-refractivity contribution in [2.45, 2.75) is 64.8 Å². The molecule has 9 heteroatoms. The Hall–Kier alpha value is -3.25. The second-order valence-electron chi connectivity index (χ2n) is 9.58. The molecular formula is C25H27N5O3S.